The molecule has 0 bridgehead atoms. The summed E-state index contributed by atoms with van der Waals surface area (Å²) in [7, 11) is 0. The molecule has 0 radical (unpaired) electrons. The van der Waals surface area contributed by atoms with Gasteiger partial charge >= 0.3 is 5.69 Å². The zero-order chi connectivity index (χ0) is 14.5. The predicted octanol–water partition coefficient (Wildman–Crippen LogP) is 0.643. The van der Waals surface area contributed by atoms with Crippen LogP contribution < -0.4 is 5.32 Å². The number of nitrogens with zero attached hydrogens (tertiary/aromatic N) is 4. The number of carbonyl (C=O) groups excluding carboxylic acids is 1. The smallest absolute Gasteiger partial charge is 0.319 e. The Morgan fingerprint density at radius 3 is 3.05 bits per heavy atom. The number of hydrogen-bond acceptors (Lipinski definition) is 5. The van der Waals surface area contributed by atoms with Crippen molar-refractivity contribution in [3.8, 4) is 0 Å². The number of nitrogens with one attached hydrogen (secondary N) is 2. The first kappa shape index (κ1) is 13.7. The molecule has 0 fully saturated rings. The number of carbonyl (C=O) groups is 1. The van der Waals surface area contributed by atoms with Gasteiger partial charge < -0.3 is 5.32 Å². The number of hydrogen-bond donors (Lipinski definition) is 2. The maximum atomic E-state index is 11.7. The monoisotopic (exact) mass is 278 g/mol. The molecule has 9 nitrogen and oxygen atoms in total. The van der Waals surface area contributed by atoms with E-state index < -0.39 is 10.8 Å². The second kappa shape index (κ2) is 5.95. The van der Waals surface area contributed by atoms with Gasteiger partial charge in [0, 0.05) is 19.3 Å². The van der Waals surface area contributed by atoms with Gasteiger partial charge in [-0.2, -0.15) is 10.2 Å². The molecule has 0 aromatic carbocycles. The van der Waals surface area contributed by atoms with Crippen LogP contribution in [0.15, 0.2) is 18.5 Å². The number of nitro groups is 1. The maximum Gasteiger partial charge on any atom is 0.319 e. The molecular weight excluding hydrogens is 264 g/mol. The van der Waals surface area contributed by atoms with Gasteiger partial charge in [-0.05, 0) is 19.4 Å². The topological polar surface area (TPSA) is 119 Å². The number of H-pyrrole nitrogens is 1. The molecule has 0 spiro atoms. The molecule has 0 unspecified atom stereocenters. The van der Waals surface area contributed by atoms with E-state index in [2.05, 4.69) is 20.6 Å². The van der Waals surface area contributed by atoms with E-state index in [0.29, 0.717) is 19.5 Å². The summed E-state index contributed by atoms with van der Waals surface area (Å²) >= 11 is 0. The Bertz CT molecular complexity index is 617. The number of aryl methyl sites for hydroxylation is 2. The van der Waals surface area contributed by atoms with Crippen LogP contribution >= 0.6 is 0 Å². The first-order valence-electron chi connectivity index (χ1n) is 6.04. The maximum absolute atomic E-state index is 11.7. The molecule has 2 N–H and O–H groups in total. The standard InChI is InChI=1S/C11H14N6O3/c1-8-3-6-16(15-8)5-2-4-12-11(18)10-9(17(19)20)7-13-14-10/h3,6-7H,2,4-5H2,1H3,(H,12,18)(H,13,14). The molecule has 106 valence electrons. The summed E-state index contributed by atoms with van der Waals surface area (Å²) in [5.74, 6) is -0.536. The molecule has 20 heavy (non-hydrogen) atoms. The highest BCUT2D eigenvalue weighted by molar-refractivity contribution is 5.95. The zero-order valence-corrected chi connectivity index (χ0v) is 10.9. The molecule has 0 aliphatic heterocycles. The second-order valence-corrected chi connectivity index (χ2v) is 4.22. The highest BCUT2D eigenvalue weighted by atomic mass is 16.6. The Labute approximate surface area is 114 Å². The van der Waals surface area contributed by atoms with Gasteiger partial charge in [0.05, 0.1) is 10.6 Å². The fourth-order valence-corrected chi connectivity index (χ4v) is 1.70. The van der Waals surface area contributed by atoms with Crippen molar-refractivity contribution >= 4 is 11.6 Å². The van der Waals surface area contributed by atoms with Crippen molar-refractivity contribution in [1.82, 2.24) is 25.3 Å². The Morgan fingerprint density at radius 2 is 2.40 bits per heavy atom. The molecule has 0 aliphatic rings. The van der Waals surface area contributed by atoms with Crippen LogP contribution in [0.1, 0.15) is 22.6 Å². The van der Waals surface area contributed by atoms with Gasteiger partial charge in [-0.15, -0.1) is 0 Å². The fourth-order valence-electron chi connectivity index (χ4n) is 1.70. The second-order valence-electron chi connectivity index (χ2n) is 4.22. The van der Waals surface area contributed by atoms with Crippen molar-refractivity contribution in [3.63, 3.8) is 0 Å². The third-order valence-corrected chi connectivity index (χ3v) is 2.67. The minimum Gasteiger partial charge on any atom is -0.350 e. The van der Waals surface area contributed by atoms with Crippen molar-refractivity contribution in [2.24, 2.45) is 0 Å². The molecule has 2 rings (SSSR count). The summed E-state index contributed by atoms with van der Waals surface area (Å²) in [5, 5.41) is 23.3. The minimum absolute atomic E-state index is 0.134. The average molecular weight is 278 g/mol. The van der Waals surface area contributed by atoms with Gasteiger partial charge in [-0.1, -0.05) is 0 Å². The molecule has 2 aromatic rings. The molecule has 0 atom stereocenters. The first-order chi connectivity index (χ1) is 9.58. The third-order valence-electron chi connectivity index (χ3n) is 2.67. The summed E-state index contributed by atoms with van der Waals surface area (Å²) < 4.78 is 1.78. The SMILES string of the molecule is Cc1ccn(CCCNC(=O)c2[nH]ncc2[N+](=O)[O-])n1. The molecule has 1 amide bonds. The zero-order valence-electron chi connectivity index (χ0n) is 10.9. The fraction of sp³-hybridized carbons (Fsp3) is 0.364. The van der Waals surface area contributed by atoms with E-state index in [1.165, 1.54) is 0 Å². The van der Waals surface area contributed by atoms with E-state index in [4.69, 9.17) is 0 Å². The highest BCUT2D eigenvalue weighted by Gasteiger charge is 2.22. The van der Waals surface area contributed by atoms with Crippen LogP contribution in [-0.4, -0.2) is 37.4 Å². The van der Waals surface area contributed by atoms with Crippen LogP contribution in [0.5, 0.6) is 0 Å². The summed E-state index contributed by atoms with van der Waals surface area (Å²) in [4.78, 5) is 21.7. The van der Waals surface area contributed by atoms with E-state index in [-0.39, 0.29) is 11.4 Å². The van der Waals surface area contributed by atoms with E-state index in [0.717, 1.165) is 11.9 Å². The van der Waals surface area contributed by atoms with Crippen molar-refractivity contribution in [3.05, 3.63) is 40.0 Å². The van der Waals surface area contributed by atoms with Crippen molar-refractivity contribution in [2.45, 2.75) is 19.9 Å². The summed E-state index contributed by atoms with van der Waals surface area (Å²) in [5.41, 5.74) is 0.470. The molecule has 9 heteroatoms. The molecular formula is C11H14N6O3. The molecule has 0 aliphatic carbocycles. The lowest BCUT2D eigenvalue weighted by atomic mass is 10.3. The van der Waals surface area contributed by atoms with Crippen LogP contribution in [0.25, 0.3) is 0 Å². The molecule has 0 saturated carbocycles. The number of aromatic amines is 1. The third kappa shape index (κ3) is 3.19. The summed E-state index contributed by atoms with van der Waals surface area (Å²) in [6.07, 6.45) is 3.55. The van der Waals surface area contributed by atoms with Crippen LogP contribution in [0.2, 0.25) is 0 Å². The lowest BCUT2D eigenvalue weighted by Gasteiger charge is -2.04. The van der Waals surface area contributed by atoms with E-state index in [9.17, 15) is 14.9 Å². The Morgan fingerprint density at radius 1 is 1.60 bits per heavy atom. The van der Waals surface area contributed by atoms with E-state index >= 15 is 0 Å². The largest absolute Gasteiger partial charge is 0.350 e. The quantitative estimate of drug-likeness (QED) is 0.456. The minimum atomic E-state index is -0.648. The van der Waals surface area contributed by atoms with E-state index in [1.807, 2.05) is 19.2 Å². The molecule has 0 saturated heterocycles. The van der Waals surface area contributed by atoms with Crippen LogP contribution in [0, 0.1) is 17.0 Å². The summed E-state index contributed by atoms with van der Waals surface area (Å²) in [6, 6.07) is 1.90. The lowest BCUT2D eigenvalue weighted by Crippen LogP contribution is -2.26. The van der Waals surface area contributed by atoms with Crippen LogP contribution in [0.3, 0.4) is 0 Å². The van der Waals surface area contributed by atoms with Crippen LogP contribution in [-0.2, 0) is 6.54 Å². The Balaban J connectivity index is 1.80. The van der Waals surface area contributed by atoms with Crippen molar-refractivity contribution in [2.75, 3.05) is 6.54 Å². The highest BCUT2D eigenvalue weighted by Crippen LogP contribution is 2.13. The van der Waals surface area contributed by atoms with E-state index in [1.54, 1.807) is 4.68 Å². The van der Waals surface area contributed by atoms with Gasteiger partial charge in [0.15, 0.2) is 0 Å². The number of amides is 1. The predicted molar refractivity (Wildman–Crippen MR) is 69.2 cm³/mol. The van der Waals surface area contributed by atoms with Crippen molar-refractivity contribution in [1.29, 1.82) is 0 Å². The number of aromatic nitrogens is 4. The van der Waals surface area contributed by atoms with Gasteiger partial charge in [0.25, 0.3) is 5.91 Å². The molecule has 2 heterocycles. The van der Waals surface area contributed by atoms with Gasteiger partial charge in [-0.25, -0.2) is 0 Å². The van der Waals surface area contributed by atoms with Crippen molar-refractivity contribution < 1.29 is 9.72 Å². The summed E-state index contributed by atoms with van der Waals surface area (Å²) in [6.45, 7) is 2.96. The molecule has 2 aromatic heterocycles. The first-order valence-corrected chi connectivity index (χ1v) is 6.04. The average Bonchev–Trinajstić information content (AvgIpc) is 3.03. The van der Waals surface area contributed by atoms with Gasteiger partial charge in [-0.3, -0.25) is 24.7 Å². The van der Waals surface area contributed by atoms with Gasteiger partial charge in [0.2, 0.25) is 5.69 Å². The Hall–Kier alpha value is -2.71. The Kier molecular flexibility index (Phi) is 4.08. The number of rotatable bonds is 6. The normalized spacial score (nSPS) is 10.4. The van der Waals surface area contributed by atoms with Crippen LogP contribution in [0.4, 0.5) is 5.69 Å². The van der Waals surface area contributed by atoms with Gasteiger partial charge in [0.1, 0.15) is 6.20 Å². The lowest BCUT2D eigenvalue weighted by molar-refractivity contribution is -0.385.